The molecule has 0 fully saturated rings. The van der Waals surface area contributed by atoms with E-state index in [-0.39, 0.29) is 5.92 Å². The van der Waals surface area contributed by atoms with Gasteiger partial charge in [0.2, 0.25) is 0 Å². The summed E-state index contributed by atoms with van der Waals surface area (Å²) in [6, 6.07) is 0. The molecule has 1 atom stereocenters. The van der Waals surface area contributed by atoms with Crippen molar-refractivity contribution in [1.82, 2.24) is 0 Å². The van der Waals surface area contributed by atoms with E-state index in [4.69, 9.17) is 5.11 Å². The van der Waals surface area contributed by atoms with Gasteiger partial charge in [-0.1, -0.05) is 17.7 Å². The molecule has 12 heavy (non-hydrogen) atoms. The number of rotatable bonds is 1. The third kappa shape index (κ3) is 1.29. The third-order valence-electron chi connectivity index (χ3n) is 2.27. The summed E-state index contributed by atoms with van der Waals surface area (Å²) in [6.07, 6.45) is 5.58. The van der Waals surface area contributed by atoms with Gasteiger partial charge in [-0.15, -0.1) is 11.8 Å². The zero-order chi connectivity index (χ0) is 8.55. The van der Waals surface area contributed by atoms with Gasteiger partial charge in [0.15, 0.2) is 0 Å². The molecule has 0 aromatic carbocycles. The molecule has 2 aliphatic rings. The van der Waals surface area contributed by atoms with Crippen molar-refractivity contribution in [3.63, 3.8) is 0 Å². The van der Waals surface area contributed by atoms with Crippen LogP contribution in [-0.2, 0) is 4.79 Å². The maximum absolute atomic E-state index is 10.7. The number of carbonyl (C=O) groups is 1. The summed E-state index contributed by atoms with van der Waals surface area (Å²) in [6.45, 7) is 0. The summed E-state index contributed by atoms with van der Waals surface area (Å²) < 4.78 is 0. The Morgan fingerprint density at radius 3 is 3.25 bits per heavy atom. The van der Waals surface area contributed by atoms with Crippen LogP contribution in [0.1, 0.15) is 12.8 Å². The lowest BCUT2D eigenvalue weighted by Gasteiger charge is -2.13. The Bertz CT molecular complexity index is 278. The molecule has 1 aliphatic heterocycles. The number of hydrogen-bond donors (Lipinski definition) is 1. The summed E-state index contributed by atoms with van der Waals surface area (Å²) in [5.74, 6) is 0.151. The van der Waals surface area contributed by atoms with Gasteiger partial charge in [0, 0.05) is 10.7 Å². The molecule has 1 aliphatic carbocycles. The second-order valence-corrected chi connectivity index (χ2v) is 4.21. The molecule has 3 heteroatoms. The van der Waals surface area contributed by atoms with E-state index in [1.54, 1.807) is 6.08 Å². The predicted octanol–water partition coefficient (Wildman–Crippen LogP) is 2.04. The van der Waals surface area contributed by atoms with Gasteiger partial charge in [-0.25, -0.2) is 0 Å². The molecule has 1 N–H and O–H groups in total. The van der Waals surface area contributed by atoms with Gasteiger partial charge in [0.25, 0.3) is 0 Å². The van der Waals surface area contributed by atoms with E-state index >= 15 is 0 Å². The zero-order valence-corrected chi connectivity index (χ0v) is 7.43. The fraction of sp³-hybridized carbons (Fsp3) is 0.444. The average molecular weight is 182 g/mol. The Morgan fingerprint density at radius 2 is 2.50 bits per heavy atom. The molecule has 2 nitrogen and oxygen atoms in total. The van der Waals surface area contributed by atoms with Crippen LogP contribution in [0.3, 0.4) is 0 Å². The molecule has 0 spiro atoms. The van der Waals surface area contributed by atoms with Crippen molar-refractivity contribution < 1.29 is 9.90 Å². The lowest BCUT2D eigenvalue weighted by atomic mass is 9.93. The number of carboxylic acids is 1. The average Bonchev–Trinajstić information content (AvgIpc) is 2.49. The highest BCUT2D eigenvalue weighted by molar-refractivity contribution is 8.03. The van der Waals surface area contributed by atoms with Crippen LogP contribution in [0.25, 0.3) is 0 Å². The summed E-state index contributed by atoms with van der Waals surface area (Å²) in [5, 5.41) is 8.78. The maximum atomic E-state index is 10.7. The number of aliphatic carboxylic acids is 1. The first kappa shape index (κ1) is 7.92. The van der Waals surface area contributed by atoms with E-state index in [1.807, 2.05) is 17.8 Å². The molecule has 0 radical (unpaired) electrons. The maximum Gasteiger partial charge on any atom is 0.310 e. The summed E-state index contributed by atoms with van der Waals surface area (Å²) >= 11 is 1.84. The van der Waals surface area contributed by atoms with Gasteiger partial charge >= 0.3 is 5.97 Å². The third-order valence-corrected chi connectivity index (χ3v) is 3.42. The van der Waals surface area contributed by atoms with Crippen molar-refractivity contribution in [2.75, 3.05) is 5.75 Å². The minimum atomic E-state index is -0.699. The van der Waals surface area contributed by atoms with Gasteiger partial charge in [-0.05, 0) is 12.8 Å². The Kier molecular flexibility index (Phi) is 1.97. The van der Waals surface area contributed by atoms with Crippen LogP contribution in [-0.4, -0.2) is 16.8 Å². The molecule has 0 saturated heterocycles. The summed E-state index contributed by atoms with van der Waals surface area (Å²) in [4.78, 5) is 12.0. The van der Waals surface area contributed by atoms with Crippen LogP contribution in [0, 0.1) is 5.92 Å². The first-order valence-corrected chi connectivity index (χ1v) is 5.02. The molecule has 0 aromatic rings. The van der Waals surface area contributed by atoms with Gasteiger partial charge < -0.3 is 5.11 Å². The highest BCUT2D eigenvalue weighted by Gasteiger charge is 2.24. The van der Waals surface area contributed by atoms with Crippen molar-refractivity contribution in [1.29, 1.82) is 0 Å². The first-order chi connectivity index (χ1) is 5.77. The minimum Gasteiger partial charge on any atom is -0.481 e. The lowest BCUT2D eigenvalue weighted by Crippen LogP contribution is -2.13. The Hall–Kier alpha value is -0.700. The van der Waals surface area contributed by atoms with Gasteiger partial charge in [0.05, 0.1) is 5.92 Å². The van der Waals surface area contributed by atoms with Crippen LogP contribution in [0.2, 0.25) is 0 Å². The molecule has 0 saturated carbocycles. The minimum absolute atomic E-state index is 0.276. The molecule has 1 heterocycles. The fourth-order valence-electron chi connectivity index (χ4n) is 1.58. The summed E-state index contributed by atoms with van der Waals surface area (Å²) in [5.41, 5.74) is 1.34. The van der Waals surface area contributed by atoms with Crippen LogP contribution in [0.5, 0.6) is 0 Å². The monoisotopic (exact) mass is 182 g/mol. The van der Waals surface area contributed by atoms with Crippen LogP contribution in [0.4, 0.5) is 0 Å². The number of allylic oxidation sites excluding steroid dienone is 2. The number of thioether (sulfide) groups is 1. The number of carboxylic acid groups (broad SMARTS) is 1. The van der Waals surface area contributed by atoms with E-state index < -0.39 is 5.97 Å². The standard InChI is InChI=1S/C9H10O2S/c10-9(11)7-1-2-8-6(5-7)3-4-12-8/h1-2,7H,3-5H2,(H,10,11). The number of hydrogen-bond acceptors (Lipinski definition) is 2. The van der Waals surface area contributed by atoms with E-state index in [1.165, 1.54) is 10.5 Å². The molecule has 0 amide bonds. The smallest absolute Gasteiger partial charge is 0.310 e. The van der Waals surface area contributed by atoms with Crippen molar-refractivity contribution in [3.8, 4) is 0 Å². The highest BCUT2D eigenvalue weighted by Crippen LogP contribution is 2.39. The first-order valence-electron chi connectivity index (χ1n) is 4.03. The SMILES string of the molecule is O=C(O)C1C=CC2=C(CCS2)C1. The van der Waals surface area contributed by atoms with Crippen LogP contribution in [0.15, 0.2) is 22.6 Å². The van der Waals surface area contributed by atoms with Gasteiger partial charge in [-0.3, -0.25) is 4.79 Å². The van der Waals surface area contributed by atoms with Crippen LogP contribution < -0.4 is 0 Å². The molecule has 0 aromatic heterocycles. The Labute approximate surface area is 75.3 Å². The Balaban J connectivity index is 2.15. The van der Waals surface area contributed by atoms with Gasteiger partial charge in [-0.2, -0.15) is 0 Å². The van der Waals surface area contributed by atoms with Gasteiger partial charge in [0.1, 0.15) is 0 Å². The van der Waals surface area contributed by atoms with Crippen molar-refractivity contribution in [2.45, 2.75) is 12.8 Å². The molecule has 0 bridgehead atoms. The fourth-order valence-corrected chi connectivity index (χ4v) is 2.72. The normalized spacial score (nSPS) is 27.5. The quantitative estimate of drug-likeness (QED) is 0.674. The van der Waals surface area contributed by atoms with Crippen LogP contribution >= 0.6 is 11.8 Å². The van der Waals surface area contributed by atoms with E-state index in [2.05, 4.69) is 0 Å². The van der Waals surface area contributed by atoms with Crippen molar-refractivity contribution in [3.05, 3.63) is 22.6 Å². The van der Waals surface area contributed by atoms with Crippen molar-refractivity contribution in [2.24, 2.45) is 5.92 Å². The van der Waals surface area contributed by atoms with E-state index in [0.717, 1.165) is 18.6 Å². The molecular formula is C9H10O2S. The largest absolute Gasteiger partial charge is 0.481 e. The highest BCUT2D eigenvalue weighted by atomic mass is 32.2. The summed E-state index contributed by atoms with van der Waals surface area (Å²) in [7, 11) is 0. The molecule has 64 valence electrons. The lowest BCUT2D eigenvalue weighted by molar-refractivity contribution is -0.140. The predicted molar refractivity (Wildman–Crippen MR) is 49.0 cm³/mol. The second-order valence-electron chi connectivity index (χ2n) is 3.07. The molecular weight excluding hydrogens is 172 g/mol. The topological polar surface area (TPSA) is 37.3 Å². The molecule has 1 unspecified atom stereocenters. The van der Waals surface area contributed by atoms with E-state index in [0.29, 0.717) is 0 Å². The van der Waals surface area contributed by atoms with Crippen molar-refractivity contribution >= 4 is 17.7 Å². The van der Waals surface area contributed by atoms with E-state index in [9.17, 15) is 4.79 Å². The molecule has 2 rings (SSSR count). The zero-order valence-electron chi connectivity index (χ0n) is 6.62. The Morgan fingerprint density at radius 1 is 1.67 bits per heavy atom. The second kappa shape index (κ2) is 2.98.